The highest BCUT2D eigenvalue weighted by atomic mass is 19.1. The largest absolute Gasteiger partial charge is 0.478 e. The number of nitrogens with one attached hydrogen (secondary N) is 1. The molecule has 2 N–H and O–H groups in total. The number of halogens is 1. The lowest BCUT2D eigenvalue weighted by atomic mass is 10.1. The van der Waals surface area contributed by atoms with Crippen LogP contribution in [0, 0.1) is 12.7 Å². The first kappa shape index (κ1) is 15.0. The molecule has 0 bridgehead atoms. The zero-order valence-electron chi connectivity index (χ0n) is 11.9. The number of carbonyl (C=O) groups is 1. The van der Waals surface area contributed by atoms with Crippen LogP contribution in [0.1, 0.15) is 41.0 Å². The Bertz CT molecular complexity index is 641. The van der Waals surface area contributed by atoms with Crippen LogP contribution in [-0.4, -0.2) is 16.1 Å². The number of aryl methyl sites for hydroxylation is 1. The van der Waals surface area contributed by atoms with Gasteiger partial charge in [-0.25, -0.2) is 9.18 Å². The van der Waals surface area contributed by atoms with Gasteiger partial charge in [0.15, 0.2) is 0 Å². The Balaban J connectivity index is 2.22. The Morgan fingerprint density at radius 2 is 2.14 bits per heavy atom. The second kappa shape index (κ2) is 6.35. The van der Waals surface area contributed by atoms with Gasteiger partial charge in [-0.1, -0.05) is 6.92 Å². The molecular weight excluding hydrogens is 271 g/mol. The van der Waals surface area contributed by atoms with E-state index in [0.29, 0.717) is 0 Å². The van der Waals surface area contributed by atoms with E-state index in [0.717, 1.165) is 23.4 Å². The first-order valence-electron chi connectivity index (χ1n) is 6.73. The topological polar surface area (TPSA) is 62.2 Å². The van der Waals surface area contributed by atoms with Crippen molar-refractivity contribution in [3.8, 4) is 0 Å². The van der Waals surface area contributed by atoms with Gasteiger partial charge in [0, 0.05) is 5.69 Å². The number of aromatic nitrogens is 1. The van der Waals surface area contributed by atoms with Gasteiger partial charge in [0.25, 0.3) is 0 Å². The summed E-state index contributed by atoms with van der Waals surface area (Å²) in [6.07, 6.45) is 1.97. The molecule has 0 saturated carbocycles. The lowest BCUT2D eigenvalue weighted by Crippen LogP contribution is -2.12. The minimum Gasteiger partial charge on any atom is -0.478 e. The van der Waals surface area contributed by atoms with E-state index in [2.05, 4.69) is 10.3 Å². The molecule has 1 aromatic heterocycles. The van der Waals surface area contributed by atoms with Crippen molar-refractivity contribution < 1.29 is 14.3 Å². The highest BCUT2D eigenvalue weighted by Gasteiger charge is 2.13. The molecule has 0 spiro atoms. The molecule has 1 heterocycles. The average Bonchev–Trinajstić information content (AvgIpc) is 2.47. The second-order valence-electron chi connectivity index (χ2n) is 4.84. The van der Waals surface area contributed by atoms with Crippen molar-refractivity contribution in [3.63, 3.8) is 0 Å². The van der Waals surface area contributed by atoms with E-state index >= 15 is 0 Å². The molecule has 2 aromatic rings. The summed E-state index contributed by atoms with van der Waals surface area (Å²) in [6, 6.07) is 7.90. The first-order chi connectivity index (χ1) is 10.0. The number of hydrogen-bond donors (Lipinski definition) is 2. The van der Waals surface area contributed by atoms with Gasteiger partial charge >= 0.3 is 5.97 Å². The van der Waals surface area contributed by atoms with Gasteiger partial charge in [-0.05, 0) is 49.2 Å². The molecule has 1 aromatic carbocycles. The summed E-state index contributed by atoms with van der Waals surface area (Å²) >= 11 is 0. The number of aromatic carboxylic acids is 1. The van der Waals surface area contributed by atoms with Crippen LogP contribution < -0.4 is 5.32 Å². The van der Waals surface area contributed by atoms with Crippen LogP contribution >= 0.6 is 0 Å². The number of benzene rings is 1. The van der Waals surface area contributed by atoms with Crippen LogP contribution in [0.3, 0.4) is 0 Å². The standard InChI is InChI=1S/C16H17FN2O2/c1-3-13(15-7-5-12(17)9-18-15)19-14-6-4-11(16(20)21)8-10(14)2/h4-9,13,19H,3H2,1-2H3,(H,20,21). The summed E-state index contributed by atoms with van der Waals surface area (Å²) in [5, 5.41) is 12.3. The van der Waals surface area contributed by atoms with E-state index in [-0.39, 0.29) is 17.4 Å². The normalized spacial score (nSPS) is 12.0. The monoisotopic (exact) mass is 288 g/mol. The zero-order valence-corrected chi connectivity index (χ0v) is 11.9. The first-order valence-corrected chi connectivity index (χ1v) is 6.73. The van der Waals surface area contributed by atoms with Crippen LogP contribution in [-0.2, 0) is 0 Å². The quantitative estimate of drug-likeness (QED) is 0.878. The summed E-state index contributed by atoms with van der Waals surface area (Å²) in [4.78, 5) is 15.0. The van der Waals surface area contributed by atoms with Gasteiger partial charge < -0.3 is 10.4 Å². The van der Waals surface area contributed by atoms with Crippen LogP contribution in [0.25, 0.3) is 0 Å². The summed E-state index contributed by atoms with van der Waals surface area (Å²) in [7, 11) is 0. The van der Waals surface area contributed by atoms with Crippen molar-refractivity contribution in [2.45, 2.75) is 26.3 Å². The number of rotatable bonds is 5. The Hall–Kier alpha value is -2.43. The second-order valence-corrected chi connectivity index (χ2v) is 4.84. The third kappa shape index (κ3) is 3.56. The molecule has 110 valence electrons. The number of hydrogen-bond acceptors (Lipinski definition) is 3. The van der Waals surface area contributed by atoms with Crippen LogP contribution in [0.15, 0.2) is 36.5 Å². The predicted molar refractivity (Wildman–Crippen MR) is 79.0 cm³/mol. The number of carboxylic acid groups (broad SMARTS) is 1. The lowest BCUT2D eigenvalue weighted by Gasteiger charge is -2.19. The van der Waals surface area contributed by atoms with Gasteiger partial charge in [0.1, 0.15) is 5.82 Å². The molecule has 21 heavy (non-hydrogen) atoms. The number of nitrogens with zero attached hydrogens (tertiary/aromatic N) is 1. The third-order valence-corrected chi connectivity index (χ3v) is 3.32. The Labute approximate surface area is 122 Å². The number of carboxylic acids is 1. The molecule has 0 saturated heterocycles. The van der Waals surface area contributed by atoms with E-state index in [1.165, 1.54) is 12.3 Å². The number of anilines is 1. The zero-order chi connectivity index (χ0) is 15.4. The highest BCUT2D eigenvalue weighted by Crippen LogP contribution is 2.24. The molecule has 0 amide bonds. The Morgan fingerprint density at radius 1 is 1.38 bits per heavy atom. The van der Waals surface area contributed by atoms with Gasteiger partial charge in [0.2, 0.25) is 0 Å². The van der Waals surface area contributed by atoms with Crippen molar-refractivity contribution in [1.29, 1.82) is 0 Å². The van der Waals surface area contributed by atoms with E-state index in [9.17, 15) is 9.18 Å². The van der Waals surface area contributed by atoms with E-state index in [1.54, 1.807) is 24.3 Å². The molecule has 1 unspecified atom stereocenters. The lowest BCUT2D eigenvalue weighted by molar-refractivity contribution is 0.0697. The van der Waals surface area contributed by atoms with Crippen LogP contribution in [0.2, 0.25) is 0 Å². The molecule has 0 aliphatic heterocycles. The molecule has 0 aliphatic carbocycles. The van der Waals surface area contributed by atoms with E-state index < -0.39 is 5.97 Å². The SMILES string of the molecule is CCC(Nc1ccc(C(=O)O)cc1C)c1ccc(F)cn1. The molecule has 2 rings (SSSR count). The van der Waals surface area contributed by atoms with Crippen molar-refractivity contribution in [2.24, 2.45) is 0 Å². The number of pyridine rings is 1. The van der Waals surface area contributed by atoms with Gasteiger partial charge in [-0.15, -0.1) is 0 Å². The Kier molecular flexibility index (Phi) is 4.52. The minimum absolute atomic E-state index is 0.0556. The summed E-state index contributed by atoms with van der Waals surface area (Å²) in [5.74, 6) is -1.31. The van der Waals surface area contributed by atoms with Gasteiger partial charge in [-0.2, -0.15) is 0 Å². The summed E-state index contributed by atoms with van der Waals surface area (Å²) in [5.41, 5.74) is 2.69. The predicted octanol–water partition coefficient (Wildman–Crippen LogP) is 3.79. The fourth-order valence-electron chi connectivity index (χ4n) is 2.12. The molecule has 0 radical (unpaired) electrons. The van der Waals surface area contributed by atoms with Gasteiger partial charge in [0.05, 0.1) is 23.5 Å². The van der Waals surface area contributed by atoms with E-state index in [4.69, 9.17) is 5.11 Å². The molecule has 0 fully saturated rings. The smallest absolute Gasteiger partial charge is 0.335 e. The van der Waals surface area contributed by atoms with Crippen molar-refractivity contribution in [2.75, 3.05) is 5.32 Å². The van der Waals surface area contributed by atoms with Crippen LogP contribution in [0.4, 0.5) is 10.1 Å². The summed E-state index contributed by atoms with van der Waals surface area (Å²) in [6.45, 7) is 3.85. The van der Waals surface area contributed by atoms with Crippen molar-refractivity contribution >= 4 is 11.7 Å². The highest BCUT2D eigenvalue weighted by molar-refractivity contribution is 5.88. The van der Waals surface area contributed by atoms with Crippen LogP contribution in [0.5, 0.6) is 0 Å². The van der Waals surface area contributed by atoms with Gasteiger partial charge in [-0.3, -0.25) is 4.98 Å². The molecular formula is C16H17FN2O2. The summed E-state index contributed by atoms with van der Waals surface area (Å²) < 4.78 is 12.9. The average molecular weight is 288 g/mol. The molecule has 4 nitrogen and oxygen atoms in total. The molecule has 1 atom stereocenters. The Morgan fingerprint density at radius 3 is 2.67 bits per heavy atom. The fraction of sp³-hybridized carbons (Fsp3) is 0.250. The molecule has 5 heteroatoms. The molecule has 0 aliphatic rings. The minimum atomic E-state index is -0.947. The maximum Gasteiger partial charge on any atom is 0.335 e. The fourth-order valence-corrected chi connectivity index (χ4v) is 2.12. The maximum absolute atomic E-state index is 12.9. The van der Waals surface area contributed by atoms with E-state index in [1.807, 2.05) is 13.8 Å². The van der Waals surface area contributed by atoms with Crippen molar-refractivity contribution in [3.05, 3.63) is 59.2 Å². The third-order valence-electron chi connectivity index (χ3n) is 3.32. The van der Waals surface area contributed by atoms with Crippen molar-refractivity contribution in [1.82, 2.24) is 4.98 Å². The maximum atomic E-state index is 12.9.